The minimum Gasteiger partial charge on any atom is -0.344 e. The van der Waals surface area contributed by atoms with Gasteiger partial charge in [0.25, 0.3) is 0 Å². The summed E-state index contributed by atoms with van der Waals surface area (Å²) in [7, 11) is 3.75. The lowest BCUT2D eigenvalue weighted by Gasteiger charge is -2.13. The molecule has 3 aromatic heterocycles. The van der Waals surface area contributed by atoms with E-state index in [9.17, 15) is 4.79 Å². The molecular weight excluding hydrogens is 445 g/mol. The summed E-state index contributed by atoms with van der Waals surface area (Å²) in [6.45, 7) is 0.894. The lowest BCUT2D eigenvalue weighted by Crippen LogP contribution is -2.29. The van der Waals surface area contributed by atoms with E-state index in [1.165, 1.54) is 6.07 Å². The number of nitrogens with zero attached hydrogens (tertiary/aromatic N) is 5. The van der Waals surface area contributed by atoms with Crippen LogP contribution in [0.1, 0.15) is 29.3 Å². The van der Waals surface area contributed by atoms with Crippen molar-refractivity contribution in [3.63, 3.8) is 0 Å². The maximum Gasteiger partial charge on any atom is 0.244 e. The van der Waals surface area contributed by atoms with Crippen LogP contribution in [-0.4, -0.2) is 51.2 Å². The number of anilines is 2. The zero-order chi connectivity index (χ0) is 24.1. The number of likely N-dealkylation sites (N-methyl/N-ethyl adjacent to an activating group) is 1. The van der Waals surface area contributed by atoms with Gasteiger partial charge in [0, 0.05) is 72.9 Å². The average molecular weight is 472 g/mol. The molecule has 9 heteroatoms. The van der Waals surface area contributed by atoms with Crippen LogP contribution in [0.3, 0.4) is 0 Å². The maximum atomic E-state index is 15.2. The molecule has 4 heterocycles. The molecule has 1 amide bonds. The average Bonchev–Trinajstić information content (AvgIpc) is 3.42. The fourth-order valence-electron chi connectivity index (χ4n) is 5.14. The Balaban J connectivity index is 1.33. The highest BCUT2D eigenvalue weighted by molar-refractivity contribution is 5.89. The van der Waals surface area contributed by atoms with E-state index >= 15 is 4.39 Å². The van der Waals surface area contributed by atoms with Gasteiger partial charge in [-0.2, -0.15) is 5.10 Å². The smallest absolute Gasteiger partial charge is 0.244 e. The van der Waals surface area contributed by atoms with Crippen molar-refractivity contribution in [1.82, 2.24) is 30.0 Å². The maximum absolute atomic E-state index is 15.2. The van der Waals surface area contributed by atoms with Gasteiger partial charge < -0.3 is 15.5 Å². The van der Waals surface area contributed by atoms with Gasteiger partial charge in [-0.15, -0.1) is 0 Å². The van der Waals surface area contributed by atoms with E-state index < -0.39 is 0 Å². The lowest BCUT2D eigenvalue weighted by atomic mass is 9.97. The number of amides is 1. The number of nitrogens with one attached hydrogen (secondary N) is 2. The highest BCUT2D eigenvalue weighted by Crippen LogP contribution is 2.38. The molecule has 1 aromatic carbocycles. The van der Waals surface area contributed by atoms with Crippen LogP contribution >= 0.6 is 0 Å². The number of fused-ring (bicyclic) bond motifs is 3. The van der Waals surface area contributed by atoms with Crippen LogP contribution in [0.2, 0.25) is 0 Å². The van der Waals surface area contributed by atoms with Gasteiger partial charge in [-0.1, -0.05) is 0 Å². The molecule has 1 aliphatic heterocycles. The molecule has 0 bridgehead atoms. The summed E-state index contributed by atoms with van der Waals surface area (Å²) in [5.74, 6) is 1.00. The van der Waals surface area contributed by atoms with Gasteiger partial charge in [0.2, 0.25) is 5.91 Å². The molecule has 0 unspecified atom stereocenters. The summed E-state index contributed by atoms with van der Waals surface area (Å²) in [5, 5.41) is 12.7. The van der Waals surface area contributed by atoms with Gasteiger partial charge in [-0.3, -0.25) is 14.5 Å². The fourth-order valence-corrected chi connectivity index (χ4v) is 5.14. The lowest BCUT2D eigenvalue weighted by molar-refractivity contribution is -0.130. The van der Waals surface area contributed by atoms with Gasteiger partial charge in [0.05, 0.1) is 0 Å². The zero-order valence-electron chi connectivity index (χ0n) is 19.7. The van der Waals surface area contributed by atoms with Crippen LogP contribution in [0.15, 0.2) is 42.9 Å². The Hall–Kier alpha value is -3.85. The Kier molecular flexibility index (Phi) is 5.21. The van der Waals surface area contributed by atoms with Crippen molar-refractivity contribution in [2.45, 2.75) is 31.8 Å². The van der Waals surface area contributed by atoms with Gasteiger partial charge in [0.15, 0.2) is 5.82 Å². The third-order valence-corrected chi connectivity index (χ3v) is 7.13. The molecule has 1 atom stereocenters. The second kappa shape index (κ2) is 8.42. The molecule has 0 radical (unpaired) electrons. The molecule has 0 spiro atoms. The highest BCUT2D eigenvalue weighted by Gasteiger charge is 2.25. The van der Waals surface area contributed by atoms with Gasteiger partial charge in [-0.05, 0) is 54.6 Å². The summed E-state index contributed by atoms with van der Waals surface area (Å²) < 4.78 is 16.9. The summed E-state index contributed by atoms with van der Waals surface area (Å²) in [4.78, 5) is 22.7. The van der Waals surface area contributed by atoms with Crippen molar-refractivity contribution in [2.24, 2.45) is 0 Å². The number of hydrogen-bond donors (Lipinski definition) is 2. The third-order valence-electron chi connectivity index (χ3n) is 7.13. The molecule has 0 saturated carbocycles. The molecule has 178 valence electrons. The predicted octanol–water partition coefficient (Wildman–Crippen LogP) is 3.60. The second-order valence-electron chi connectivity index (χ2n) is 9.25. The van der Waals surface area contributed by atoms with Gasteiger partial charge >= 0.3 is 0 Å². The Bertz CT molecular complexity index is 1460. The number of aromatic nitrogens is 4. The standard InChI is InChI=1S/C26H26FN7O/c1-28-23-4-3-18-20(12-29-13-21(18)23)19-7-15-9-24(30-11-16(15)8-22(19)27)31-25-10-17-5-6-33(2)26(35)14-34(17)32-25/h7-13,23,28H,3-6,14H2,1-2H3,(H,30,31,32)/t23-/m0/s1. The monoisotopic (exact) mass is 471 g/mol. The number of carbonyl (C=O) groups is 1. The Morgan fingerprint density at radius 1 is 1.03 bits per heavy atom. The first kappa shape index (κ1) is 21.7. The number of hydrogen-bond acceptors (Lipinski definition) is 6. The molecule has 8 nitrogen and oxygen atoms in total. The second-order valence-corrected chi connectivity index (χ2v) is 9.25. The van der Waals surface area contributed by atoms with Crippen molar-refractivity contribution in [1.29, 1.82) is 0 Å². The van der Waals surface area contributed by atoms with Gasteiger partial charge in [-0.25, -0.2) is 9.37 Å². The van der Waals surface area contributed by atoms with E-state index in [0.717, 1.165) is 52.4 Å². The first-order chi connectivity index (χ1) is 17.0. The summed E-state index contributed by atoms with van der Waals surface area (Å²) in [6.07, 6.45) is 7.93. The quantitative estimate of drug-likeness (QED) is 0.473. The molecule has 35 heavy (non-hydrogen) atoms. The van der Waals surface area contributed by atoms with E-state index in [0.29, 0.717) is 23.7 Å². The molecule has 0 saturated heterocycles. The van der Waals surface area contributed by atoms with Gasteiger partial charge in [0.1, 0.15) is 18.2 Å². The number of pyridine rings is 2. The van der Waals surface area contributed by atoms with Crippen LogP contribution in [0.25, 0.3) is 21.9 Å². The van der Waals surface area contributed by atoms with E-state index in [4.69, 9.17) is 0 Å². The molecule has 6 rings (SSSR count). The van der Waals surface area contributed by atoms with Crippen molar-refractivity contribution in [2.75, 3.05) is 26.0 Å². The van der Waals surface area contributed by atoms with Crippen molar-refractivity contribution in [3.05, 3.63) is 65.5 Å². The molecule has 1 aliphatic carbocycles. The third kappa shape index (κ3) is 3.81. The van der Waals surface area contributed by atoms with Crippen LogP contribution < -0.4 is 10.6 Å². The van der Waals surface area contributed by atoms with Crippen LogP contribution in [0.5, 0.6) is 0 Å². The van der Waals surface area contributed by atoms with E-state index in [1.807, 2.05) is 38.5 Å². The first-order valence-electron chi connectivity index (χ1n) is 11.8. The Labute approximate surface area is 202 Å². The van der Waals surface area contributed by atoms with Crippen LogP contribution in [0, 0.1) is 5.82 Å². The van der Waals surface area contributed by atoms with Crippen molar-refractivity contribution in [3.8, 4) is 11.1 Å². The number of rotatable bonds is 4. The number of carbonyl (C=O) groups excluding carboxylic acids is 1. The number of benzene rings is 1. The topological polar surface area (TPSA) is 88.0 Å². The van der Waals surface area contributed by atoms with Crippen LogP contribution in [0.4, 0.5) is 16.0 Å². The zero-order valence-corrected chi connectivity index (χ0v) is 19.7. The molecule has 2 aliphatic rings. The summed E-state index contributed by atoms with van der Waals surface area (Å²) in [6, 6.07) is 7.51. The molecule has 0 fully saturated rings. The predicted molar refractivity (Wildman–Crippen MR) is 132 cm³/mol. The molecule has 2 N–H and O–H groups in total. The minimum absolute atomic E-state index is 0.0414. The largest absolute Gasteiger partial charge is 0.344 e. The van der Waals surface area contributed by atoms with E-state index in [2.05, 4.69) is 25.7 Å². The Morgan fingerprint density at radius 2 is 1.91 bits per heavy atom. The van der Waals surface area contributed by atoms with E-state index in [1.54, 1.807) is 22.0 Å². The summed E-state index contributed by atoms with van der Waals surface area (Å²) >= 11 is 0. The molecular formula is C26H26FN7O. The Morgan fingerprint density at radius 3 is 2.77 bits per heavy atom. The van der Waals surface area contributed by atoms with Crippen molar-refractivity contribution < 1.29 is 9.18 Å². The first-order valence-corrected chi connectivity index (χ1v) is 11.8. The minimum atomic E-state index is -0.282. The van der Waals surface area contributed by atoms with Crippen molar-refractivity contribution >= 4 is 28.3 Å². The SMILES string of the molecule is CN[C@H]1CCc2c(-c3cc4cc(Nc5cc6n(n5)CC(=O)N(C)CC6)ncc4cc3F)cncc21. The highest BCUT2D eigenvalue weighted by atomic mass is 19.1. The molecule has 4 aromatic rings. The van der Waals surface area contributed by atoms with E-state index in [-0.39, 0.29) is 24.3 Å². The number of halogens is 1. The van der Waals surface area contributed by atoms with Crippen LogP contribution in [-0.2, 0) is 24.2 Å². The fraction of sp³-hybridized carbons (Fsp3) is 0.308. The normalized spacial score (nSPS) is 17.4. The summed E-state index contributed by atoms with van der Waals surface area (Å²) in [5.41, 5.74) is 4.70.